The fourth-order valence-corrected chi connectivity index (χ4v) is 2.66. The molecule has 1 rings (SSSR count). The van der Waals surface area contributed by atoms with Gasteiger partial charge in [-0.15, -0.1) is 0 Å². The monoisotopic (exact) mass is 419 g/mol. The van der Waals surface area contributed by atoms with Crippen LogP contribution in [0.15, 0.2) is 24.3 Å². The van der Waals surface area contributed by atoms with Gasteiger partial charge >= 0.3 is 5.97 Å². The molecule has 0 heterocycles. The van der Waals surface area contributed by atoms with Crippen molar-refractivity contribution in [1.29, 1.82) is 0 Å². The van der Waals surface area contributed by atoms with E-state index in [1.807, 2.05) is 38.1 Å². The van der Waals surface area contributed by atoms with Crippen molar-refractivity contribution in [3.63, 3.8) is 0 Å². The van der Waals surface area contributed by atoms with Gasteiger partial charge in [-0.2, -0.15) is 0 Å². The van der Waals surface area contributed by atoms with Crippen molar-refractivity contribution in [1.82, 2.24) is 5.32 Å². The minimum absolute atomic E-state index is 0.188. The van der Waals surface area contributed by atoms with Gasteiger partial charge in [-0.25, -0.2) is 4.79 Å². The van der Waals surface area contributed by atoms with Crippen LogP contribution >= 0.6 is 22.6 Å². The van der Waals surface area contributed by atoms with E-state index in [-0.39, 0.29) is 5.92 Å². The van der Waals surface area contributed by atoms with Crippen LogP contribution in [0.2, 0.25) is 0 Å². The summed E-state index contributed by atoms with van der Waals surface area (Å²) in [5.41, 5.74) is 0.918. The normalized spacial score (nSPS) is 13.5. The number of hydrogen-bond donors (Lipinski definition) is 2. The molecule has 0 spiro atoms. The Hall–Kier alpha value is -1.15. The van der Waals surface area contributed by atoms with Gasteiger partial charge in [-0.3, -0.25) is 4.79 Å². The molecule has 0 aliphatic rings. The van der Waals surface area contributed by atoms with E-state index in [0.29, 0.717) is 12.8 Å². The van der Waals surface area contributed by atoms with Crippen LogP contribution < -0.4 is 5.32 Å². The molecule has 0 saturated carbocycles. The molecular weight excluding hydrogens is 397 g/mol. The summed E-state index contributed by atoms with van der Waals surface area (Å²) in [5.74, 6) is -0.883. The number of amides is 1. The molecule has 1 amide bonds. The van der Waals surface area contributed by atoms with Crippen LogP contribution in [-0.2, 0) is 20.7 Å². The Morgan fingerprint density at radius 2 is 2.05 bits per heavy atom. The minimum atomic E-state index is -1.12. The van der Waals surface area contributed by atoms with Gasteiger partial charge in [0.25, 0.3) is 0 Å². The summed E-state index contributed by atoms with van der Waals surface area (Å²) in [6, 6.07) is 6.85. The number of ether oxygens (including phenoxy) is 1. The van der Waals surface area contributed by atoms with E-state index in [1.165, 1.54) is 7.11 Å². The Morgan fingerprint density at radius 3 is 2.59 bits per heavy atom. The second-order valence-corrected chi connectivity index (χ2v) is 6.81. The number of halogens is 1. The lowest BCUT2D eigenvalue weighted by Crippen LogP contribution is -2.47. The molecular formula is C16H22INO4. The first-order valence-corrected chi connectivity index (χ1v) is 8.22. The van der Waals surface area contributed by atoms with Crippen LogP contribution in [-0.4, -0.2) is 36.2 Å². The smallest absolute Gasteiger partial charge is 0.328 e. The predicted molar refractivity (Wildman–Crippen MR) is 92.3 cm³/mol. The zero-order chi connectivity index (χ0) is 16.7. The van der Waals surface area contributed by atoms with E-state index in [9.17, 15) is 14.7 Å². The quantitative estimate of drug-likeness (QED) is 0.523. The number of benzene rings is 1. The molecule has 0 unspecified atom stereocenters. The molecule has 0 aliphatic heterocycles. The van der Waals surface area contributed by atoms with Crippen molar-refractivity contribution in [2.45, 2.75) is 38.8 Å². The first-order chi connectivity index (χ1) is 10.3. The first kappa shape index (κ1) is 18.9. The number of carbonyl (C=O) groups is 2. The number of carbonyl (C=O) groups excluding carboxylic acids is 2. The molecule has 2 N–H and O–H groups in total. The number of rotatable bonds is 7. The van der Waals surface area contributed by atoms with E-state index in [4.69, 9.17) is 4.74 Å². The summed E-state index contributed by atoms with van der Waals surface area (Å²) >= 11 is 2.18. The van der Waals surface area contributed by atoms with E-state index >= 15 is 0 Å². The second kappa shape index (κ2) is 9.09. The van der Waals surface area contributed by atoms with Crippen molar-refractivity contribution < 1.29 is 19.4 Å². The minimum Gasteiger partial charge on any atom is -0.467 e. The average Bonchev–Trinajstić information content (AvgIpc) is 2.44. The summed E-state index contributed by atoms with van der Waals surface area (Å²) in [6.07, 6.45) is -0.449. The van der Waals surface area contributed by atoms with Crippen molar-refractivity contribution in [2.75, 3.05) is 7.11 Å². The number of hydrogen-bond acceptors (Lipinski definition) is 4. The molecule has 22 heavy (non-hydrogen) atoms. The Bertz CT molecular complexity index is 519. The Balaban J connectivity index is 2.77. The predicted octanol–water partition coefficient (Wildman–Crippen LogP) is 1.90. The van der Waals surface area contributed by atoms with Crippen LogP contribution in [0.1, 0.15) is 25.8 Å². The molecule has 0 saturated heterocycles. The molecule has 1 aromatic carbocycles. The maximum Gasteiger partial charge on any atom is 0.328 e. The number of aliphatic hydroxyl groups excluding tert-OH is 1. The topological polar surface area (TPSA) is 75.6 Å². The highest BCUT2D eigenvalue weighted by atomic mass is 127. The summed E-state index contributed by atoms with van der Waals surface area (Å²) in [7, 11) is 1.28. The van der Waals surface area contributed by atoms with Crippen molar-refractivity contribution >= 4 is 34.5 Å². The van der Waals surface area contributed by atoms with Gasteiger partial charge in [0.05, 0.1) is 7.11 Å². The lowest BCUT2D eigenvalue weighted by molar-refractivity contribution is -0.146. The zero-order valence-electron chi connectivity index (χ0n) is 13.0. The van der Waals surface area contributed by atoms with Gasteiger partial charge < -0.3 is 15.2 Å². The highest BCUT2D eigenvalue weighted by molar-refractivity contribution is 14.1. The third kappa shape index (κ3) is 6.31. The Morgan fingerprint density at radius 1 is 1.36 bits per heavy atom. The molecule has 0 bridgehead atoms. The van der Waals surface area contributed by atoms with Gasteiger partial charge in [-0.1, -0.05) is 26.0 Å². The van der Waals surface area contributed by atoms with Crippen LogP contribution in [0.5, 0.6) is 0 Å². The van der Waals surface area contributed by atoms with Gasteiger partial charge in [0, 0.05) is 9.99 Å². The third-order valence-corrected chi connectivity index (χ3v) is 3.80. The molecule has 0 fully saturated rings. The molecule has 122 valence electrons. The fraction of sp³-hybridized carbons (Fsp3) is 0.500. The summed E-state index contributed by atoms with van der Waals surface area (Å²) in [5, 5.41) is 12.4. The average molecular weight is 419 g/mol. The highest BCUT2D eigenvalue weighted by Gasteiger charge is 2.25. The zero-order valence-corrected chi connectivity index (χ0v) is 15.2. The van der Waals surface area contributed by atoms with E-state index < -0.39 is 24.0 Å². The Labute approximate surface area is 144 Å². The molecule has 6 heteroatoms. The van der Waals surface area contributed by atoms with E-state index in [1.54, 1.807) is 0 Å². The van der Waals surface area contributed by atoms with Crippen LogP contribution in [0.4, 0.5) is 0 Å². The van der Waals surface area contributed by atoms with Gasteiger partial charge in [0.2, 0.25) is 5.91 Å². The molecule has 2 atom stereocenters. The first-order valence-electron chi connectivity index (χ1n) is 7.14. The number of methoxy groups -OCH3 is 1. The SMILES string of the molecule is COC(=O)[C@H](Cc1cccc(I)c1)NC(=O)[C@@H](O)CC(C)C. The van der Waals surface area contributed by atoms with E-state index in [2.05, 4.69) is 27.9 Å². The van der Waals surface area contributed by atoms with E-state index in [0.717, 1.165) is 9.13 Å². The maximum absolute atomic E-state index is 12.0. The van der Waals surface area contributed by atoms with Gasteiger partial charge in [0.1, 0.15) is 12.1 Å². The molecule has 0 aliphatic carbocycles. The fourth-order valence-electron chi connectivity index (χ4n) is 2.06. The number of nitrogens with one attached hydrogen (secondary N) is 1. The van der Waals surface area contributed by atoms with Crippen LogP contribution in [0, 0.1) is 9.49 Å². The highest BCUT2D eigenvalue weighted by Crippen LogP contribution is 2.11. The largest absolute Gasteiger partial charge is 0.467 e. The second-order valence-electron chi connectivity index (χ2n) is 5.56. The summed E-state index contributed by atoms with van der Waals surface area (Å²) in [4.78, 5) is 23.9. The van der Waals surface area contributed by atoms with Gasteiger partial charge in [-0.05, 0) is 52.6 Å². The van der Waals surface area contributed by atoms with Crippen LogP contribution in [0.3, 0.4) is 0 Å². The molecule has 5 nitrogen and oxygen atoms in total. The summed E-state index contributed by atoms with van der Waals surface area (Å²) < 4.78 is 5.79. The number of aliphatic hydroxyl groups is 1. The molecule has 0 aromatic heterocycles. The lowest BCUT2D eigenvalue weighted by atomic mass is 10.0. The molecule has 0 radical (unpaired) electrons. The van der Waals surface area contributed by atoms with Gasteiger partial charge in [0.15, 0.2) is 0 Å². The summed E-state index contributed by atoms with van der Waals surface area (Å²) in [6.45, 7) is 3.83. The van der Waals surface area contributed by atoms with Crippen LogP contribution in [0.25, 0.3) is 0 Å². The number of esters is 1. The van der Waals surface area contributed by atoms with Crippen molar-refractivity contribution in [3.05, 3.63) is 33.4 Å². The third-order valence-electron chi connectivity index (χ3n) is 3.13. The maximum atomic E-state index is 12.0. The standard InChI is InChI=1S/C16H22INO4/c1-10(2)7-14(19)15(20)18-13(16(21)22-3)9-11-5-4-6-12(17)8-11/h4-6,8,10,13-14,19H,7,9H2,1-3H3,(H,18,20)/t13-,14-/m0/s1. The Kier molecular flexibility index (Phi) is 7.81. The lowest BCUT2D eigenvalue weighted by Gasteiger charge is -2.19. The van der Waals surface area contributed by atoms with Crippen molar-refractivity contribution in [2.24, 2.45) is 5.92 Å². The molecule has 1 aromatic rings. The van der Waals surface area contributed by atoms with Crippen molar-refractivity contribution in [3.8, 4) is 0 Å².